The zero-order chi connectivity index (χ0) is 24.9. The van der Waals surface area contributed by atoms with E-state index in [2.05, 4.69) is 72.2 Å². The van der Waals surface area contributed by atoms with Gasteiger partial charge in [-0.1, -0.05) is 15.9 Å². The molecule has 0 amide bonds. The predicted octanol–water partition coefficient (Wildman–Crippen LogP) is 7.58. The van der Waals surface area contributed by atoms with Crippen molar-refractivity contribution >= 4 is 49.7 Å². The average Bonchev–Trinajstić information content (AvgIpc) is 3.62. The van der Waals surface area contributed by atoms with E-state index in [1.165, 1.54) is 25.7 Å². The summed E-state index contributed by atoms with van der Waals surface area (Å²) >= 11 is 3.69. The van der Waals surface area contributed by atoms with Crippen molar-refractivity contribution in [3.63, 3.8) is 0 Å². The van der Waals surface area contributed by atoms with Crippen LogP contribution in [-0.4, -0.2) is 36.1 Å². The molecule has 5 nitrogen and oxygen atoms in total. The first kappa shape index (κ1) is 23.6. The smallest absolute Gasteiger partial charge is 0.269 e. The van der Waals surface area contributed by atoms with Gasteiger partial charge in [-0.2, -0.15) is 8.78 Å². The molecule has 0 radical (unpaired) electrons. The topological polar surface area (TPSA) is 44.3 Å². The van der Waals surface area contributed by atoms with Gasteiger partial charge in [0.25, 0.3) is 6.08 Å². The van der Waals surface area contributed by atoms with Gasteiger partial charge in [-0.3, -0.25) is 0 Å². The maximum Gasteiger partial charge on any atom is 0.269 e. The highest BCUT2D eigenvalue weighted by Gasteiger charge is 2.44. The van der Waals surface area contributed by atoms with E-state index in [-0.39, 0.29) is 5.57 Å². The maximum atomic E-state index is 13.0. The Balaban J connectivity index is 1.31. The number of benzene rings is 2. The van der Waals surface area contributed by atoms with E-state index in [9.17, 15) is 8.78 Å². The lowest BCUT2D eigenvalue weighted by molar-refractivity contribution is 0.385. The standard InChI is InChI=1S/C28H30BrF2N5/c1-18-12-21(16-22(13-18)35-8-2-19(3-9-35)26(30)31)34-27-25-23(32-17-33-27)14-20(29)15-24(25)36-10-6-28(4-5-28)7-11-36/h12-17H,2-11H2,1H3,(H,32,33,34). The number of anilines is 4. The molecule has 1 N–H and O–H groups in total. The number of fused-ring (bicyclic) bond motifs is 1. The molecule has 188 valence electrons. The first-order valence-corrected chi connectivity index (χ1v) is 13.5. The second kappa shape index (κ2) is 9.29. The number of rotatable bonds is 4. The number of hydrogen-bond acceptors (Lipinski definition) is 5. The van der Waals surface area contributed by atoms with Crippen LogP contribution in [0.5, 0.6) is 0 Å². The minimum absolute atomic E-state index is 0.286. The summed E-state index contributed by atoms with van der Waals surface area (Å²) in [5.74, 6) is 0.786. The van der Waals surface area contributed by atoms with Crippen molar-refractivity contribution in [1.29, 1.82) is 0 Å². The lowest BCUT2D eigenvalue weighted by Crippen LogP contribution is -2.34. The molecule has 0 unspecified atom stereocenters. The zero-order valence-corrected chi connectivity index (χ0v) is 22.0. The second-order valence-corrected chi connectivity index (χ2v) is 11.5. The van der Waals surface area contributed by atoms with Crippen molar-refractivity contribution in [2.75, 3.05) is 41.3 Å². The third-order valence-corrected chi connectivity index (χ3v) is 8.59. The van der Waals surface area contributed by atoms with Crippen molar-refractivity contribution in [1.82, 2.24) is 9.97 Å². The number of nitrogens with zero attached hydrogens (tertiary/aromatic N) is 4. The Morgan fingerprint density at radius 1 is 0.917 bits per heavy atom. The zero-order valence-electron chi connectivity index (χ0n) is 20.5. The fraction of sp³-hybridized carbons (Fsp3) is 0.429. The van der Waals surface area contributed by atoms with Crippen LogP contribution >= 0.6 is 15.9 Å². The minimum Gasteiger partial charge on any atom is -0.371 e. The van der Waals surface area contributed by atoms with Gasteiger partial charge >= 0.3 is 0 Å². The highest BCUT2D eigenvalue weighted by molar-refractivity contribution is 9.10. The summed E-state index contributed by atoms with van der Waals surface area (Å²) in [4.78, 5) is 13.9. The number of piperidine rings is 2. The van der Waals surface area contributed by atoms with Crippen molar-refractivity contribution in [3.8, 4) is 0 Å². The second-order valence-electron chi connectivity index (χ2n) is 10.6. The van der Waals surface area contributed by atoms with Crippen molar-refractivity contribution in [2.45, 2.75) is 45.4 Å². The number of hydrogen-bond donors (Lipinski definition) is 1. The Morgan fingerprint density at radius 2 is 1.67 bits per heavy atom. The van der Waals surface area contributed by atoms with Crippen molar-refractivity contribution in [3.05, 3.63) is 58.3 Å². The fourth-order valence-electron chi connectivity index (χ4n) is 5.76. The van der Waals surface area contributed by atoms with Crippen LogP contribution in [0, 0.1) is 12.3 Å². The van der Waals surface area contributed by atoms with E-state index in [1.54, 1.807) is 6.33 Å². The number of nitrogens with one attached hydrogen (secondary N) is 1. The Labute approximate surface area is 218 Å². The van der Waals surface area contributed by atoms with E-state index in [0.717, 1.165) is 56.9 Å². The van der Waals surface area contributed by atoms with Crippen LogP contribution in [0.3, 0.4) is 0 Å². The van der Waals surface area contributed by atoms with E-state index < -0.39 is 6.08 Å². The lowest BCUT2D eigenvalue weighted by atomic mass is 9.93. The molecule has 3 aliphatic rings. The largest absolute Gasteiger partial charge is 0.371 e. The monoisotopic (exact) mass is 553 g/mol. The average molecular weight is 554 g/mol. The van der Waals surface area contributed by atoms with Crippen LogP contribution in [0.15, 0.2) is 52.8 Å². The third kappa shape index (κ3) is 4.67. The van der Waals surface area contributed by atoms with E-state index >= 15 is 0 Å². The number of aromatic nitrogens is 2. The molecule has 3 heterocycles. The summed E-state index contributed by atoms with van der Waals surface area (Å²) in [6.45, 7) is 5.37. The third-order valence-electron chi connectivity index (χ3n) is 8.13. The summed E-state index contributed by atoms with van der Waals surface area (Å²) in [5.41, 5.74) is 6.05. The Kier molecular flexibility index (Phi) is 6.10. The highest BCUT2D eigenvalue weighted by atomic mass is 79.9. The van der Waals surface area contributed by atoms with Gasteiger partial charge in [0, 0.05) is 42.0 Å². The van der Waals surface area contributed by atoms with E-state index in [4.69, 9.17) is 0 Å². The summed E-state index contributed by atoms with van der Waals surface area (Å²) < 4.78 is 27.0. The molecule has 2 aromatic carbocycles. The van der Waals surface area contributed by atoms with Gasteiger partial charge in [-0.05, 0) is 92.3 Å². The van der Waals surface area contributed by atoms with Crippen molar-refractivity contribution in [2.24, 2.45) is 5.41 Å². The predicted molar refractivity (Wildman–Crippen MR) is 146 cm³/mol. The SMILES string of the molecule is Cc1cc(Nc2ncnc3cc(Br)cc(N4CCC5(CC4)CC5)c23)cc(N2CCC(=C(F)F)CC2)c1. The molecule has 3 aromatic rings. The summed E-state index contributed by atoms with van der Waals surface area (Å²) in [7, 11) is 0. The Bertz CT molecular complexity index is 1330. The molecule has 1 aliphatic carbocycles. The number of halogens is 3. The van der Waals surface area contributed by atoms with Gasteiger partial charge in [0.2, 0.25) is 0 Å². The maximum absolute atomic E-state index is 13.0. The minimum atomic E-state index is -1.51. The van der Waals surface area contributed by atoms with Crippen LogP contribution in [0.2, 0.25) is 0 Å². The summed E-state index contributed by atoms with van der Waals surface area (Å²) in [5, 5.41) is 4.60. The van der Waals surface area contributed by atoms with Gasteiger partial charge in [0.1, 0.15) is 12.1 Å². The van der Waals surface area contributed by atoms with Crippen LogP contribution < -0.4 is 15.1 Å². The van der Waals surface area contributed by atoms with Gasteiger partial charge in [0.05, 0.1) is 16.6 Å². The summed E-state index contributed by atoms with van der Waals surface area (Å²) in [6.07, 6.45) is 6.16. The normalized spacial score (nSPS) is 19.2. The molecular formula is C28H30BrF2N5. The van der Waals surface area contributed by atoms with E-state index in [0.29, 0.717) is 31.3 Å². The van der Waals surface area contributed by atoms with Gasteiger partial charge < -0.3 is 15.1 Å². The molecule has 8 heteroatoms. The van der Waals surface area contributed by atoms with Gasteiger partial charge in [-0.15, -0.1) is 0 Å². The van der Waals surface area contributed by atoms with Gasteiger partial charge in [-0.25, -0.2) is 9.97 Å². The fourth-order valence-corrected chi connectivity index (χ4v) is 6.19. The first-order valence-electron chi connectivity index (χ1n) is 12.8. The first-order chi connectivity index (χ1) is 17.4. The molecule has 1 aromatic heterocycles. The molecule has 2 saturated heterocycles. The molecule has 6 rings (SSSR count). The molecule has 1 saturated carbocycles. The summed E-state index contributed by atoms with van der Waals surface area (Å²) in [6, 6.07) is 10.5. The molecule has 2 aliphatic heterocycles. The molecule has 0 bridgehead atoms. The van der Waals surface area contributed by atoms with Crippen LogP contribution in [0.4, 0.5) is 31.7 Å². The van der Waals surface area contributed by atoms with Crippen LogP contribution in [0.1, 0.15) is 44.1 Å². The van der Waals surface area contributed by atoms with Crippen LogP contribution in [0.25, 0.3) is 10.9 Å². The van der Waals surface area contributed by atoms with Crippen LogP contribution in [-0.2, 0) is 0 Å². The Hall–Kier alpha value is -2.74. The molecule has 0 atom stereocenters. The van der Waals surface area contributed by atoms with E-state index in [1.807, 2.05) is 6.07 Å². The highest BCUT2D eigenvalue weighted by Crippen LogP contribution is 2.54. The van der Waals surface area contributed by atoms with Gasteiger partial charge in [0.15, 0.2) is 0 Å². The Morgan fingerprint density at radius 3 is 2.36 bits per heavy atom. The van der Waals surface area contributed by atoms with Crippen molar-refractivity contribution < 1.29 is 8.78 Å². The molecule has 3 fully saturated rings. The molecule has 36 heavy (non-hydrogen) atoms. The molecule has 1 spiro atoms. The molecular weight excluding hydrogens is 524 g/mol. The number of aryl methyl sites for hydroxylation is 1. The lowest BCUT2D eigenvalue weighted by Gasteiger charge is -2.34. The quantitative estimate of drug-likeness (QED) is 0.360.